The van der Waals surface area contributed by atoms with E-state index < -0.39 is 0 Å². The molecule has 0 spiro atoms. The minimum atomic E-state index is -0.204. The van der Waals surface area contributed by atoms with Crippen LogP contribution in [0.3, 0.4) is 0 Å². The summed E-state index contributed by atoms with van der Waals surface area (Å²) in [6, 6.07) is 0. The van der Waals surface area contributed by atoms with Gasteiger partial charge in [-0.1, -0.05) is 39.0 Å². The standard InChI is InChI=1S/C14H27NO2/c1-2-3-4-5-10-14(17)15-11-12-8-6-7-9-13(12)16/h12-13,16H,2-11H2,1H3,(H,15,17). The van der Waals surface area contributed by atoms with Crippen LogP contribution in [-0.2, 0) is 4.79 Å². The first-order valence-corrected chi connectivity index (χ1v) is 7.18. The highest BCUT2D eigenvalue weighted by molar-refractivity contribution is 5.75. The van der Waals surface area contributed by atoms with Gasteiger partial charge in [0.15, 0.2) is 0 Å². The molecule has 3 heteroatoms. The van der Waals surface area contributed by atoms with Crippen molar-refractivity contribution in [2.45, 2.75) is 70.8 Å². The molecule has 1 fully saturated rings. The van der Waals surface area contributed by atoms with Gasteiger partial charge in [0.05, 0.1) is 6.10 Å². The first-order valence-electron chi connectivity index (χ1n) is 7.18. The number of carbonyl (C=O) groups is 1. The van der Waals surface area contributed by atoms with Crippen LogP contribution >= 0.6 is 0 Å². The molecule has 0 aromatic heterocycles. The largest absolute Gasteiger partial charge is 0.393 e. The molecule has 0 aromatic carbocycles. The fraction of sp³-hybridized carbons (Fsp3) is 0.929. The average molecular weight is 241 g/mol. The lowest BCUT2D eigenvalue weighted by Gasteiger charge is -2.27. The van der Waals surface area contributed by atoms with E-state index in [1.54, 1.807) is 0 Å². The van der Waals surface area contributed by atoms with Crippen LogP contribution in [0.2, 0.25) is 0 Å². The third kappa shape index (κ3) is 6.06. The molecule has 1 amide bonds. The second kappa shape index (κ2) is 8.51. The molecule has 2 atom stereocenters. The van der Waals surface area contributed by atoms with Gasteiger partial charge in [-0.15, -0.1) is 0 Å². The third-order valence-corrected chi connectivity index (χ3v) is 3.69. The van der Waals surface area contributed by atoms with E-state index in [0.717, 1.165) is 32.1 Å². The number of hydrogen-bond donors (Lipinski definition) is 2. The van der Waals surface area contributed by atoms with Gasteiger partial charge in [0.25, 0.3) is 0 Å². The predicted octanol–water partition coefficient (Wildman–Crippen LogP) is 2.62. The van der Waals surface area contributed by atoms with E-state index in [9.17, 15) is 9.90 Å². The number of carbonyl (C=O) groups excluding carboxylic acids is 1. The van der Waals surface area contributed by atoms with Crippen molar-refractivity contribution in [3.05, 3.63) is 0 Å². The quantitative estimate of drug-likeness (QED) is 0.673. The monoisotopic (exact) mass is 241 g/mol. The van der Waals surface area contributed by atoms with Gasteiger partial charge in [-0.2, -0.15) is 0 Å². The minimum Gasteiger partial charge on any atom is -0.393 e. The lowest BCUT2D eigenvalue weighted by molar-refractivity contribution is -0.121. The van der Waals surface area contributed by atoms with Crippen LogP contribution in [-0.4, -0.2) is 23.7 Å². The molecule has 2 unspecified atom stereocenters. The Labute approximate surface area is 105 Å². The van der Waals surface area contributed by atoms with Crippen molar-refractivity contribution in [2.24, 2.45) is 5.92 Å². The number of nitrogens with one attached hydrogen (secondary N) is 1. The Balaban J connectivity index is 2.06. The Morgan fingerprint density at radius 3 is 2.71 bits per heavy atom. The second-order valence-electron chi connectivity index (χ2n) is 5.23. The summed E-state index contributed by atoms with van der Waals surface area (Å²) in [5.41, 5.74) is 0. The van der Waals surface area contributed by atoms with Gasteiger partial charge in [0.1, 0.15) is 0 Å². The summed E-state index contributed by atoms with van der Waals surface area (Å²) in [4.78, 5) is 11.6. The fourth-order valence-corrected chi connectivity index (χ4v) is 2.47. The van der Waals surface area contributed by atoms with E-state index in [-0.39, 0.29) is 17.9 Å². The van der Waals surface area contributed by atoms with Crippen molar-refractivity contribution in [1.82, 2.24) is 5.32 Å². The smallest absolute Gasteiger partial charge is 0.220 e. The Morgan fingerprint density at radius 1 is 1.24 bits per heavy atom. The van der Waals surface area contributed by atoms with Crippen LogP contribution in [0, 0.1) is 5.92 Å². The van der Waals surface area contributed by atoms with E-state index >= 15 is 0 Å². The SMILES string of the molecule is CCCCCCC(=O)NCC1CCCCC1O. The van der Waals surface area contributed by atoms with Crippen molar-refractivity contribution in [3.63, 3.8) is 0 Å². The molecule has 100 valence electrons. The summed E-state index contributed by atoms with van der Waals surface area (Å²) in [6.45, 7) is 2.83. The second-order valence-corrected chi connectivity index (χ2v) is 5.23. The number of aliphatic hydroxyl groups is 1. The average Bonchev–Trinajstić information content (AvgIpc) is 2.34. The molecule has 2 N–H and O–H groups in total. The van der Waals surface area contributed by atoms with Crippen LogP contribution in [0.5, 0.6) is 0 Å². The summed E-state index contributed by atoms with van der Waals surface area (Å²) in [5.74, 6) is 0.433. The molecule has 1 rings (SSSR count). The zero-order chi connectivity index (χ0) is 12.5. The van der Waals surface area contributed by atoms with Gasteiger partial charge in [0.2, 0.25) is 5.91 Å². The molecule has 0 aromatic rings. The normalized spacial score (nSPS) is 24.6. The van der Waals surface area contributed by atoms with Crippen LogP contribution < -0.4 is 5.32 Å². The van der Waals surface area contributed by atoms with Crippen molar-refractivity contribution >= 4 is 5.91 Å². The molecular weight excluding hydrogens is 214 g/mol. The molecule has 0 aliphatic heterocycles. The van der Waals surface area contributed by atoms with Gasteiger partial charge in [-0.05, 0) is 19.3 Å². The molecule has 1 aliphatic carbocycles. The van der Waals surface area contributed by atoms with Crippen molar-refractivity contribution in [1.29, 1.82) is 0 Å². The molecule has 0 saturated heterocycles. The first kappa shape index (κ1) is 14.5. The van der Waals surface area contributed by atoms with E-state index in [2.05, 4.69) is 12.2 Å². The molecule has 0 radical (unpaired) electrons. The summed E-state index contributed by atoms with van der Waals surface area (Å²) < 4.78 is 0. The maximum atomic E-state index is 11.6. The van der Waals surface area contributed by atoms with Crippen LogP contribution in [0.4, 0.5) is 0 Å². The maximum Gasteiger partial charge on any atom is 0.220 e. The summed E-state index contributed by atoms with van der Waals surface area (Å²) in [6.07, 6.45) is 9.27. The third-order valence-electron chi connectivity index (χ3n) is 3.69. The van der Waals surface area contributed by atoms with E-state index in [4.69, 9.17) is 0 Å². The number of amides is 1. The zero-order valence-corrected chi connectivity index (χ0v) is 11.1. The highest BCUT2D eigenvalue weighted by Crippen LogP contribution is 2.23. The van der Waals surface area contributed by atoms with Gasteiger partial charge in [-0.3, -0.25) is 4.79 Å². The number of rotatable bonds is 7. The molecule has 1 aliphatic rings. The van der Waals surface area contributed by atoms with E-state index in [0.29, 0.717) is 13.0 Å². The zero-order valence-electron chi connectivity index (χ0n) is 11.1. The Hall–Kier alpha value is -0.570. The number of aliphatic hydroxyl groups excluding tert-OH is 1. The predicted molar refractivity (Wildman–Crippen MR) is 69.7 cm³/mol. The highest BCUT2D eigenvalue weighted by atomic mass is 16.3. The topological polar surface area (TPSA) is 49.3 Å². The van der Waals surface area contributed by atoms with Gasteiger partial charge in [0, 0.05) is 18.9 Å². The first-order chi connectivity index (χ1) is 8.24. The van der Waals surface area contributed by atoms with Crippen LogP contribution in [0.15, 0.2) is 0 Å². The molecule has 0 bridgehead atoms. The molecule has 0 heterocycles. The van der Waals surface area contributed by atoms with E-state index in [1.807, 2.05) is 0 Å². The Morgan fingerprint density at radius 2 is 2.00 bits per heavy atom. The maximum absolute atomic E-state index is 11.6. The summed E-state index contributed by atoms with van der Waals surface area (Å²) in [5, 5.41) is 12.7. The lowest BCUT2D eigenvalue weighted by atomic mass is 9.86. The molecule has 3 nitrogen and oxygen atoms in total. The van der Waals surface area contributed by atoms with Crippen molar-refractivity contribution in [2.75, 3.05) is 6.54 Å². The Kier molecular flexibility index (Phi) is 7.25. The van der Waals surface area contributed by atoms with Gasteiger partial charge in [-0.25, -0.2) is 0 Å². The molecule has 17 heavy (non-hydrogen) atoms. The number of unbranched alkanes of at least 4 members (excludes halogenated alkanes) is 3. The van der Waals surface area contributed by atoms with Gasteiger partial charge < -0.3 is 10.4 Å². The lowest BCUT2D eigenvalue weighted by Crippen LogP contribution is -2.36. The van der Waals surface area contributed by atoms with Crippen LogP contribution in [0.25, 0.3) is 0 Å². The Bertz CT molecular complexity index is 218. The summed E-state index contributed by atoms with van der Waals surface area (Å²) >= 11 is 0. The van der Waals surface area contributed by atoms with Crippen molar-refractivity contribution in [3.8, 4) is 0 Å². The summed E-state index contributed by atoms with van der Waals surface area (Å²) in [7, 11) is 0. The molecule has 1 saturated carbocycles. The van der Waals surface area contributed by atoms with Gasteiger partial charge >= 0.3 is 0 Å². The molecular formula is C14H27NO2. The highest BCUT2D eigenvalue weighted by Gasteiger charge is 2.22. The van der Waals surface area contributed by atoms with Crippen LogP contribution in [0.1, 0.15) is 64.7 Å². The fourth-order valence-electron chi connectivity index (χ4n) is 2.47. The van der Waals surface area contributed by atoms with Crippen molar-refractivity contribution < 1.29 is 9.90 Å². The number of hydrogen-bond acceptors (Lipinski definition) is 2. The minimum absolute atomic E-state index is 0.152. The van der Waals surface area contributed by atoms with E-state index in [1.165, 1.54) is 19.3 Å².